The number of benzene rings is 1. The number of ether oxygens (including phenoxy) is 1. The number of fused-ring (bicyclic) bond motifs is 1. The number of rotatable bonds is 4. The van der Waals surface area contributed by atoms with Crippen LogP contribution in [0.5, 0.6) is 5.88 Å². The first kappa shape index (κ1) is 11.6. The number of hydrogen-bond acceptors (Lipinski definition) is 3. The Morgan fingerprint density at radius 2 is 2.18 bits per heavy atom. The molecule has 0 amide bonds. The predicted octanol–water partition coefficient (Wildman–Crippen LogP) is 2.68. The number of pyridine rings is 1. The van der Waals surface area contributed by atoms with E-state index in [0.717, 1.165) is 10.8 Å². The lowest BCUT2D eigenvalue weighted by atomic mass is 10.1. The van der Waals surface area contributed by atoms with Crippen molar-refractivity contribution in [3.8, 4) is 5.88 Å². The van der Waals surface area contributed by atoms with Gasteiger partial charge >= 0.3 is 0 Å². The number of aliphatic hydroxyl groups is 1. The molecule has 0 saturated carbocycles. The third kappa shape index (κ3) is 2.63. The van der Waals surface area contributed by atoms with Crippen molar-refractivity contribution in [2.75, 3.05) is 6.61 Å². The minimum atomic E-state index is -0.0786. The van der Waals surface area contributed by atoms with E-state index in [1.165, 1.54) is 0 Å². The van der Waals surface area contributed by atoms with Crippen molar-refractivity contribution in [3.63, 3.8) is 0 Å². The van der Waals surface area contributed by atoms with Gasteiger partial charge in [0.25, 0.3) is 0 Å². The van der Waals surface area contributed by atoms with E-state index in [4.69, 9.17) is 9.84 Å². The van der Waals surface area contributed by atoms with Crippen LogP contribution in [0, 0.1) is 0 Å². The lowest BCUT2D eigenvalue weighted by Crippen LogP contribution is -1.99. The minimum absolute atomic E-state index is 0.0786. The van der Waals surface area contributed by atoms with E-state index in [1.807, 2.05) is 49.4 Å². The summed E-state index contributed by atoms with van der Waals surface area (Å²) in [5.74, 6) is 0.574. The summed E-state index contributed by atoms with van der Waals surface area (Å²) in [6.45, 7) is 2.35. The van der Waals surface area contributed by atoms with E-state index in [-0.39, 0.29) is 6.61 Å². The first-order valence-corrected chi connectivity index (χ1v) is 5.58. The number of aromatic nitrogens is 1. The molecular weight excluding hydrogens is 214 g/mol. The van der Waals surface area contributed by atoms with Crippen molar-refractivity contribution in [1.29, 1.82) is 0 Å². The molecule has 1 N–H and O–H groups in total. The Morgan fingerprint density at radius 1 is 1.35 bits per heavy atom. The van der Waals surface area contributed by atoms with Crippen LogP contribution in [0.3, 0.4) is 0 Å². The van der Waals surface area contributed by atoms with Gasteiger partial charge < -0.3 is 9.84 Å². The molecule has 0 aliphatic rings. The predicted molar refractivity (Wildman–Crippen MR) is 68.0 cm³/mol. The topological polar surface area (TPSA) is 42.4 Å². The van der Waals surface area contributed by atoms with Gasteiger partial charge in [-0.05, 0) is 24.4 Å². The van der Waals surface area contributed by atoms with Crippen molar-refractivity contribution in [2.45, 2.75) is 13.5 Å². The molecular formula is C14H15NO2. The van der Waals surface area contributed by atoms with Crippen LogP contribution in [-0.2, 0) is 6.61 Å². The van der Waals surface area contributed by atoms with Gasteiger partial charge in [-0.15, -0.1) is 0 Å². The van der Waals surface area contributed by atoms with Gasteiger partial charge in [-0.25, -0.2) is 4.98 Å². The molecule has 1 heterocycles. The first-order chi connectivity index (χ1) is 8.35. The Hall–Kier alpha value is -1.87. The van der Waals surface area contributed by atoms with E-state index in [1.54, 1.807) is 0 Å². The molecule has 3 nitrogen and oxygen atoms in total. The summed E-state index contributed by atoms with van der Waals surface area (Å²) in [6, 6.07) is 9.73. The van der Waals surface area contributed by atoms with Crippen LogP contribution < -0.4 is 4.74 Å². The summed E-state index contributed by atoms with van der Waals surface area (Å²) in [6.07, 6.45) is 3.85. The highest BCUT2D eigenvalue weighted by molar-refractivity contribution is 5.87. The fourth-order valence-electron chi connectivity index (χ4n) is 1.63. The Bertz CT molecular complexity index is 535. The molecule has 1 aromatic heterocycles. The smallest absolute Gasteiger partial charge is 0.221 e. The van der Waals surface area contributed by atoms with Crippen molar-refractivity contribution in [1.82, 2.24) is 4.98 Å². The fraction of sp³-hybridized carbons (Fsp3) is 0.214. The molecule has 0 saturated heterocycles. The highest BCUT2D eigenvalue weighted by Gasteiger charge is 2.05. The zero-order valence-corrected chi connectivity index (χ0v) is 9.76. The van der Waals surface area contributed by atoms with Gasteiger partial charge in [0.05, 0.1) is 12.3 Å². The second-order valence-electron chi connectivity index (χ2n) is 3.68. The van der Waals surface area contributed by atoms with Crippen molar-refractivity contribution >= 4 is 10.8 Å². The Morgan fingerprint density at radius 3 is 2.94 bits per heavy atom. The number of hydrogen-bond donors (Lipinski definition) is 1. The van der Waals surface area contributed by atoms with E-state index in [0.29, 0.717) is 18.2 Å². The van der Waals surface area contributed by atoms with Crippen LogP contribution in [0.15, 0.2) is 42.5 Å². The summed E-state index contributed by atoms with van der Waals surface area (Å²) in [4.78, 5) is 4.29. The van der Waals surface area contributed by atoms with Gasteiger partial charge in [-0.3, -0.25) is 0 Å². The van der Waals surface area contributed by atoms with Crippen molar-refractivity contribution in [2.24, 2.45) is 0 Å². The molecule has 0 atom stereocenters. The van der Waals surface area contributed by atoms with E-state index in [9.17, 15) is 0 Å². The van der Waals surface area contributed by atoms with Crippen molar-refractivity contribution < 1.29 is 9.84 Å². The van der Waals surface area contributed by atoms with Gasteiger partial charge in [-0.2, -0.15) is 0 Å². The fourth-order valence-corrected chi connectivity index (χ4v) is 1.63. The van der Waals surface area contributed by atoms with Gasteiger partial charge in [0.1, 0.15) is 6.61 Å². The quantitative estimate of drug-likeness (QED) is 0.819. The lowest BCUT2D eigenvalue weighted by molar-refractivity contribution is 0.273. The second kappa shape index (κ2) is 5.46. The van der Waals surface area contributed by atoms with Crippen LogP contribution in [-0.4, -0.2) is 16.7 Å². The third-order valence-corrected chi connectivity index (χ3v) is 2.47. The van der Waals surface area contributed by atoms with Gasteiger partial charge in [0, 0.05) is 5.39 Å². The maximum atomic E-state index is 9.16. The molecule has 88 valence electrons. The molecule has 0 bridgehead atoms. The summed E-state index contributed by atoms with van der Waals surface area (Å²) in [7, 11) is 0. The molecule has 0 spiro atoms. The monoisotopic (exact) mass is 229 g/mol. The maximum Gasteiger partial charge on any atom is 0.221 e. The Labute approximate surface area is 100 Å². The zero-order valence-electron chi connectivity index (χ0n) is 9.76. The second-order valence-corrected chi connectivity index (χ2v) is 3.68. The first-order valence-electron chi connectivity index (χ1n) is 5.58. The highest BCUT2D eigenvalue weighted by Crippen LogP contribution is 2.24. The average Bonchev–Trinajstić information content (AvgIpc) is 2.38. The SMILES string of the molecule is CC=CCOc1nc(CO)cc2ccccc12. The van der Waals surface area contributed by atoms with Crippen LogP contribution in [0.4, 0.5) is 0 Å². The van der Waals surface area contributed by atoms with Crippen LogP contribution in [0.2, 0.25) is 0 Å². The highest BCUT2D eigenvalue weighted by atomic mass is 16.5. The summed E-state index contributed by atoms with van der Waals surface area (Å²) < 4.78 is 5.59. The summed E-state index contributed by atoms with van der Waals surface area (Å²) in [5, 5.41) is 11.2. The van der Waals surface area contributed by atoms with E-state index >= 15 is 0 Å². The van der Waals surface area contributed by atoms with Crippen molar-refractivity contribution in [3.05, 3.63) is 48.2 Å². The minimum Gasteiger partial charge on any atom is -0.473 e. The molecule has 17 heavy (non-hydrogen) atoms. The van der Waals surface area contributed by atoms with Gasteiger partial charge in [0.2, 0.25) is 5.88 Å². The third-order valence-electron chi connectivity index (χ3n) is 2.47. The number of allylic oxidation sites excluding steroid dienone is 1. The standard InChI is InChI=1S/C14H15NO2/c1-2-3-8-17-14-13-7-5-4-6-11(13)9-12(10-16)15-14/h2-7,9,16H,8,10H2,1H3. The Kier molecular flexibility index (Phi) is 3.73. The molecule has 0 aliphatic heterocycles. The van der Waals surface area contributed by atoms with Crippen LogP contribution in [0.1, 0.15) is 12.6 Å². The molecule has 2 aromatic rings. The molecule has 0 fully saturated rings. The molecule has 1 aromatic carbocycles. The van der Waals surface area contributed by atoms with Crippen LogP contribution in [0.25, 0.3) is 10.8 Å². The number of aliphatic hydroxyl groups excluding tert-OH is 1. The normalized spacial score (nSPS) is 11.2. The summed E-state index contributed by atoms with van der Waals surface area (Å²) in [5.41, 5.74) is 0.624. The molecule has 0 radical (unpaired) electrons. The molecule has 2 rings (SSSR count). The maximum absolute atomic E-state index is 9.16. The van der Waals surface area contributed by atoms with Gasteiger partial charge in [0.15, 0.2) is 0 Å². The van der Waals surface area contributed by atoms with Gasteiger partial charge in [-0.1, -0.05) is 30.4 Å². The summed E-state index contributed by atoms with van der Waals surface area (Å²) >= 11 is 0. The molecule has 0 aliphatic carbocycles. The van der Waals surface area contributed by atoms with E-state index < -0.39 is 0 Å². The largest absolute Gasteiger partial charge is 0.473 e. The van der Waals surface area contributed by atoms with E-state index in [2.05, 4.69) is 4.98 Å². The molecule has 0 unspecified atom stereocenters. The number of nitrogens with zero attached hydrogens (tertiary/aromatic N) is 1. The molecule has 3 heteroatoms. The Balaban J connectivity index is 2.43. The van der Waals surface area contributed by atoms with Crippen LogP contribution >= 0.6 is 0 Å². The lowest BCUT2D eigenvalue weighted by Gasteiger charge is -2.08. The zero-order chi connectivity index (χ0) is 12.1. The average molecular weight is 229 g/mol.